The zero-order valence-electron chi connectivity index (χ0n) is 13.9. The molecule has 3 heterocycles. The second-order valence-electron chi connectivity index (χ2n) is 6.30. The monoisotopic (exact) mass is 390 g/mol. The van der Waals surface area contributed by atoms with Gasteiger partial charge in [0.1, 0.15) is 0 Å². The maximum atomic E-state index is 5.99. The Labute approximate surface area is 161 Å². The Hall–Kier alpha value is -1.47. The average molecular weight is 391 g/mol. The first-order valence-corrected chi connectivity index (χ1v) is 9.97. The quantitative estimate of drug-likeness (QED) is 0.578. The van der Waals surface area contributed by atoms with Gasteiger partial charge in [-0.2, -0.15) is 5.10 Å². The topological polar surface area (TPSA) is 26.0 Å². The molecule has 3 aromatic rings. The highest BCUT2D eigenvalue weighted by atomic mass is 35.5. The van der Waals surface area contributed by atoms with E-state index in [1.54, 1.807) is 0 Å². The number of rotatable bonds is 4. The smallest absolute Gasteiger partial charge is 0.199 e. The minimum absolute atomic E-state index is 0.475. The summed E-state index contributed by atoms with van der Waals surface area (Å²) in [4.78, 5) is 3.90. The molecule has 0 spiro atoms. The molecule has 25 heavy (non-hydrogen) atoms. The summed E-state index contributed by atoms with van der Waals surface area (Å²) in [5, 5.41) is 7.65. The highest BCUT2D eigenvalue weighted by Gasteiger charge is 2.27. The molecular weight excluding hydrogens is 372 g/mol. The van der Waals surface area contributed by atoms with Crippen LogP contribution in [0.2, 0.25) is 5.02 Å². The van der Waals surface area contributed by atoms with Crippen LogP contribution in [-0.4, -0.2) is 25.8 Å². The van der Waals surface area contributed by atoms with E-state index in [0.717, 1.165) is 34.4 Å². The van der Waals surface area contributed by atoms with Crippen LogP contribution in [0.3, 0.4) is 0 Å². The van der Waals surface area contributed by atoms with Crippen LogP contribution < -0.4 is 0 Å². The second-order valence-corrected chi connectivity index (χ2v) is 8.08. The molecule has 0 N–H and O–H groups in total. The molecule has 0 bridgehead atoms. The Morgan fingerprint density at radius 3 is 2.80 bits per heavy atom. The van der Waals surface area contributed by atoms with Crippen molar-refractivity contribution in [1.29, 1.82) is 0 Å². The van der Waals surface area contributed by atoms with Gasteiger partial charge in [0.25, 0.3) is 0 Å². The van der Waals surface area contributed by atoms with Crippen molar-refractivity contribution in [2.45, 2.75) is 25.6 Å². The average Bonchev–Trinajstić information content (AvgIpc) is 3.33. The molecule has 1 aliphatic rings. The first-order valence-electron chi connectivity index (χ1n) is 8.31. The number of thiophene rings is 1. The van der Waals surface area contributed by atoms with Crippen LogP contribution in [0.1, 0.15) is 23.8 Å². The van der Waals surface area contributed by atoms with Gasteiger partial charge in [-0.3, -0.25) is 4.90 Å². The van der Waals surface area contributed by atoms with Gasteiger partial charge in [0, 0.05) is 35.1 Å². The maximum absolute atomic E-state index is 5.99. The van der Waals surface area contributed by atoms with Crippen molar-refractivity contribution < 1.29 is 0 Å². The number of benzene rings is 1. The molecule has 1 saturated heterocycles. The number of hydrogen-bond donors (Lipinski definition) is 0. The third kappa shape index (κ3) is 3.31. The zero-order chi connectivity index (χ0) is 17.4. The fourth-order valence-electron chi connectivity index (χ4n) is 3.40. The van der Waals surface area contributed by atoms with E-state index in [2.05, 4.69) is 22.4 Å². The van der Waals surface area contributed by atoms with Gasteiger partial charge in [0.15, 0.2) is 10.6 Å². The predicted molar refractivity (Wildman–Crippen MR) is 105 cm³/mol. The molecular formula is C18H19ClN4S2. The second kappa shape index (κ2) is 7.03. The number of aromatic nitrogens is 3. The predicted octanol–water partition coefficient (Wildman–Crippen LogP) is 5.13. The number of halogens is 1. The summed E-state index contributed by atoms with van der Waals surface area (Å²) in [5.41, 5.74) is 1.02. The number of nitrogens with zero attached hydrogens (tertiary/aromatic N) is 4. The Morgan fingerprint density at radius 2 is 2.08 bits per heavy atom. The lowest BCUT2D eigenvalue weighted by atomic mass is 10.2. The van der Waals surface area contributed by atoms with Crippen molar-refractivity contribution >= 4 is 35.2 Å². The highest BCUT2D eigenvalue weighted by molar-refractivity contribution is 7.71. The van der Waals surface area contributed by atoms with Crippen molar-refractivity contribution in [1.82, 2.24) is 19.2 Å². The first kappa shape index (κ1) is 17.0. The molecule has 1 aliphatic heterocycles. The SMILES string of the molecule is Cn1c(-c2ccc(Cl)cc2)nn(CN2CCC[C@H]2c2cccs2)c1=S. The first-order chi connectivity index (χ1) is 12.1. The normalized spacial score (nSPS) is 18.1. The molecule has 4 rings (SSSR count). The van der Waals surface area contributed by atoms with Crippen molar-refractivity contribution in [3.63, 3.8) is 0 Å². The maximum Gasteiger partial charge on any atom is 0.199 e. The van der Waals surface area contributed by atoms with Gasteiger partial charge in [0.05, 0.1) is 6.67 Å². The van der Waals surface area contributed by atoms with Gasteiger partial charge in [-0.25, -0.2) is 4.68 Å². The van der Waals surface area contributed by atoms with Crippen molar-refractivity contribution in [2.24, 2.45) is 7.05 Å². The summed E-state index contributed by atoms with van der Waals surface area (Å²) in [6, 6.07) is 12.6. The van der Waals surface area contributed by atoms with Crippen molar-refractivity contribution in [2.75, 3.05) is 6.54 Å². The van der Waals surface area contributed by atoms with Crippen molar-refractivity contribution in [3.05, 3.63) is 56.4 Å². The Morgan fingerprint density at radius 1 is 1.28 bits per heavy atom. The van der Waals surface area contributed by atoms with E-state index < -0.39 is 0 Å². The van der Waals surface area contributed by atoms with Crippen LogP contribution >= 0.6 is 35.2 Å². The summed E-state index contributed by atoms with van der Waals surface area (Å²) in [6.45, 7) is 1.81. The van der Waals surface area contributed by atoms with Crippen LogP contribution in [-0.2, 0) is 13.7 Å². The molecule has 0 radical (unpaired) electrons. The molecule has 1 aromatic carbocycles. The molecule has 0 aliphatic carbocycles. The highest BCUT2D eigenvalue weighted by Crippen LogP contribution is 2.34. The molecule has 0 amide bonds. The van der Waals surface area contributed by atoms with E-state index >= 15 is 0 Å². The molecule has 1 fully saturated rings. The van der Waals surface area contributed by atoms with Crippen LogP contribution in [0.25, 0.3) is 11.4 Å². The van der Waals surface area contributed by atoms with E-state index in [0.29, 0.717) is 6.04 Å². The zero-order valence-corrected chi connectivity index (χ0v) is 16.3. The Kier molecular flexibility index (Phi) is 4.78. The van der Waals surface area contributed by atoms with E-state index in [9.17, 15) is 0 Å². The van der Waals surface area contributed by atoms with Gasteiger partial charge in [-0.15, -0.1) is 11.3 Å². The van der Waals surface area contributed by atoms with E-state index in [-0.39, 0.29) is 0 Å². The fraction of sp³-hybridized carbons (Fsp3) is 0.333. The third-order valence-electron chi connectivity index (χ3n) is 4.69. The van der Waals surface area contributed by atoms with Gasteiger partial charge >= 0.3 is 0 Å². The van der Waals surface area contributed by atoms with Gasteiger partial charge in [0.2, 0.25) is 0 Å². The fourth-order valence-corrected chi connectivity index (χ4v) is 4.61. The standard InChI is InChI=1S/C18H19ClN4S2/c1-21-17(13-6-8-14(19)9-7-13)20-23(18(21)24)12-22-10-2-4-15(22)16-5-3-11-25-16/h3,5-9,11,15H,2,4,10,12H2,1H3/t15-/m0/s1. The molecule has 4 nitrogen and oxygen atoms in total. The lowest BCUT2D eigenvalue weighted by molar-refractivity contribution is 0.192. The summed E-state index contributed by atoms with van der Waals surface area (Å²) < 4.78 is 4.64. The molecule has 0 saturated carbocycles. The molecule has 0 unspecified atom stereocenters. The Balaban J connectivity index is 1.62. The number of likely N-dealkylation sites (tertiary alicyclic amines) is 1. The molecule has 7 heteroatoms. The van der Waals surface area contributed by atoms with E-state index in [1.165, 1.54) is 17.7 Å². The summed E-state index contributed by atoms with van der Waals surface area (Å²) in [5.74, 6) is 0.869. The Bertz CT molecular complexity index is 912. The van der Waals surface area contributed by atoms with E-state index in [4.69, 9.17) is 28.9 Å². The van der Waals surface area contributed by atoms with Gasteiger partial charge in [-0.05, 0) is 60.8 Å². The van der Waals surface area contributed by atoms with Crippen LogP contribution in [0, 0.1) is 4.77 Å². The van der Waals surface area contributed by atoms with Gasteiger partial charge in [-0.1, -0.05) is 17.7 Å². The lowest BCUT2D eigenvalue weighted by Gasteiger charge is -2.23. The lowest BCUT2D eigenvalue weighted by Crippen LogP contribution is -2.26. The molecule has 1 atom stereocenters. The van der Waals surface area contributed by atoms with Crippen LogP contribution in [0.5, 0.6) is 0 Å². The van der Waals surface area contributed by atoms with Crippen LogP contribution in [0.4, 0.5) is 0 Å². The summed E-state index contributed by atoms with van der Waals surface area (Å²) in [7, 11) is 1.97. The molecule has 130 valence electrons. The minimum Gasteiger partial charge on any atom is -0.303 e. The number of hydrogen-bond acceptors (Lipinski definition) is 4. The van der Waals surface area contributed by atoms with Gasteiger partial charge < -0.3 is 4.57 Å². The van der Waals surface area contributed by atoms with Crippen LogP contribution in [0.15, 0.2) is 41.8 Å². The summed E-state index contributed by atoms with van der Waals surface area (Å²) >= 11 is 13.5. The minimum atomic E-state index is 0.475. The van der Waals surface area contributed by atoms with E-state index in [1.807, 2.05) is 51.9 Å². The molecule has 2 aromatic heterocycles. The summed E-state index contributed by atoms with van der Waals surface area (Å²) in [6.07, 6.45) is 2.41. The van der Waals surface area contributed by atoms with Crippen molar-refractivity contribution in [3.8, 4) is 11.4 Å². The third-order valence-corrected chi connectivity index (χ3v) is 6.40. The largest absolute Gasteiger partial charge is 0.303 e.